The van der Waals surface area contributed by atoms with E-state index in [1.165, 1.54) is 18.6 Å². The molecule has 144 valence electrons. The van der Waals surface area contributed by atoms with Gasteiger partial charge in [0.1, 0.15) is 11.6 Å². The van der Waals surface area contributed by atoms with Gasteiger partial charge in [0.05, 0.1) is 29.7 Å². The number of aliphatic hydroxyl groups excluding tert-OH is 1. The largest absolute Gasteiger partial charge is 0.394 e. The molecule has 0 radical (unpaired) electrons. The molecular formula is C21H22FN5O. The van der Waals surface area contributed by atoms with Crippen LogP contribution in [-0.4, -0.2) is 37.3 Å². The number of hydrogen-bond donors (Lipinski definition) is 2. The second kappa shape index (κ2) is 6.98. The van der Waals surface area contributed by atoms with Crippen molar-refractivity contribution in [1.82, 2.24) is 19.5 Å². The fourth-order valence-electron chi connectivity index (χ4n) is 4.00. The van der Waals surface area contributed by atoms with Gasteiger partial charge < -0.3 is 15.0 Å². The summed E-state index contributed by atoms with van der Waals surface area (Å²) in [6.45, 7) is 0.0531. The quantitative estimate of drug-likeness (QED) is 0.709. The van der Waals surface area contributed by atoms with Crippen LogP contribution >= 0.6 is 0 Å². The van der Waals surface area contributed by atoms with Crippen molar-refractivity contribution in [1.29, 1.82) is 0 Å². The molecule has 0 spiro atoms. The van der Waals surface area contributed by atoms with Gasteiger partial charge in [0.25, 0.3) is 0 Å². The third kappa shape index (κ3) is 2.96. The second-order valence-electron chi connectivity index (χ2n) is 7.51. The molecule has 2 aliphatic rings. The van der Waals surface area contributed by atoms with Gasteiger partial charge in [0, 0.05) is 24.2 Å². The predicted molar refractivity (Wildman–Crippen MR) is 104 cm³/mol. The SMILES string of the molecule is OC[C@@H]1CCc2nc(-c3ccc(F)cc3)c(-c3ccnc(NC4CCC4)n3)n21. The third-order valence-corrected chi connectivity index (χ3v) is 5.72. The number of halogens is 1. The summed E-state index contributed by atoms with van der Waals surface area (Å²) < 4.78 is 15.5. The number of nitrogens with zero attached hydrogens (tertiary/aromatic N) is 4. The van der Waals surface area contributed by atoms with Crippen LogP contribution in [0.5, 0.6) is 0 Å². The first kappa shape index (κ1) is 17.3. The number of aliphatic hydroxyl groups is 1. The molecule has 3 heterocycles. The maximum atomic E-state index is 13.4. The van der Waals surface area contributed by atoms with Crippen LogP contribution in [0.3, 0.4) is 0 Å². The van der Waals surface area contributed by atoms with E-state index in [-0.39, 0.29) is 18.5 Å². The first-order valence-electron chi connectivity index (χ1n) is 9.81. The minimum atomic E-state index is -0.278. The first-order valence-corrected chi connectivity index (χ1v) is 9.81. The minimum absolute atomic E-state index is 0.0234. The smallest absolute Gasteiger partial charge is 0.223 e. The molecule has 1 saturated carbocycles. The van der Waals surface area contributed by atoms with Gasteiger partial charge in [-0.05, 0) is 56.0 Å². The standard InChI is InChI=1S/C21H22FN5O/c22-14-6-4-13(5-7-14)19-20(27-16(12-28)8-9-18(27)26-19)17-10-11-23-21(25-17)24-15-2-1-3-15/h4-7,10-11,15-16,28H,1-3,8-9,12H2,(H,23,24,25)/t16-/m0/s1. The Balaban J connectivity index is 1.63. The van der Waals surface area contributed by atoms with Crippen LogP contribution in [0.15, 0.2) is 36.5 Å². The fraction of sp³-hybridized carbons (Fsp3) is 0.381. The number of benzene rings is 1. The van der Waals surface area contributed by atoms with E-state index in [9.17, 15) is 9.50 Å². The van der Waals surface area contributed by atoms with Gasteiger partial charge in [-0.3, -0.25) is 0 Å². The molecule has 3 aromatic rings. The Kier molecular flexibility index (Phi) is 4.31. The van der Waals surface area contributed by atoms with E-state index in [1.807, 2.05) is 6.07 Å². The van der Waals surface area contributed by atoms with Gasteiger partial charge >= 0.3 is 0 Å². The number of anilines is 1. The molecule has 0 amide bonds. The topological polar surface area (TPSA) is 75.9 Å². The molecule has 0 unspecified atom stereocenters. The lowest BCUT2D eigenvalue weighted by Crippen LogP contribution is -2.28. The van der Waals surface area contributed by atoms with E-state index in [4.69, 9.17) is 9.97 Å². The summed E-state index contributed by atoms with van der Waals surface area (Å²) in [4.78, 5) is 13.9. The van der Waals surface area contributed by atoms with E-state index >= 15 is 0 Å². The molecule has 7 heteroatoms. The number of aromatic nitrogens is 4. The van der Waals surface area contributed by atoms with Crippen molar-refractivity contribution in [2.24, 2.45) is 0 Å². The van der Waals surface area contributed by atoms with Crippen LogP contribution in [0.1, 0.15) is 37.5 Å². The zero-order valence-electron chi connectivity index (χ0n) is 15.5. The predicted octanol–water partition coefficient (Wildman–Crippen LogP) is 3.59. The summed E-state index contributed by atoms with van der Waals surface area (Å²) in [6.07, 6.45) is 6.93. The Labute approximate surface area is 162 Å². The number of hydrogen-bond acceptors (Lipinski definition) is 5. The van der Waals surface area contributed by atoms with Gasteiger partial charge in [-0.25, -0.2) is 19.3 Å². The van der Waals surface area contributed by atoms with Crippen LogP contribution in [0, 0.1) is 5.82 Å². The van der Waals surface area contributed by atoms with E-state index in [0.29, 0.717) is 12.0 Å². The average molecular weight is 379 g/mol. The van der Waals surface area contributed by atoms with Crippen molar-refractivity contribution in [2.45, 2.75) is 44.2 Å². The minimum Gasteiger partial charge on any atom is -0.394 e. The second-order valence-corrected chi connectivity index (χ2v) is 7.51. The molecule has 2 N–H and O–H groups in total. The summed E-state index contributed by atoms with van der Waals surface area (Å²) in [7, 11) is 0. The highest BCUT2D eigenvalue weighted by atomic mass is 19.1. The molecule has 28 heavy (non-hydrogen) atoms. The molecule has 1 atom stereocenters. The van der Waals surface area contributed by atoms with Crippen LogP contribution in [-0.2, 0) is 6.42 Å². The Morgan fingerprint density at radius 2 is 1.93 bits per heavy atom. The van der Waals surface area contributed by atoms with E-state index in [0.717, 1.165) is 54.2 Å². The van der Waals surface area contributed by atoms with E-state index < -0.39 is 0 Å². The molecule has 1 aromatic carbocycles. The van der Waals surface area contributed by atoms with Crippen LogP contribution < -0.4 is 5.32 Å². The van der Waals surface area contributed by atoms with Gasteiger partial charge in [-0.2, -0.15) is 0 Å². The van der Waals surface area contributed by atoms with Gasteiger partial charge in [0.15, 0.2) is 0 Å². The average Bonchev–Trinajstić information content (AvgIpc) is 3.24. The molecule has 1 fully saturated rings. The van der Waals surface area contributed by atoms with Crippen molar-refractivity contribution in [3.8, 4) is 22.6 Å². The highest BCUT2D eigenvalue weighted by Crippen LogP contribution is 2.39. The van der Waals surface area contributed by atoms with Gasteiger partial charge in [0.2, 0.25) is 5.95 Å². The Bertz CT molecular complexity index is 997. The molecular weight excluding hydrogens is 357 g/mol. The van der Waals surface area contributed by atoms with Gasteiger partial charge in [-0.15, -0.1) is 0 Å². The molecule has 5 rings (SSSR count). The van der Waals surface area contributed by atoms with Crippen LogP contribution in [0.2, 0.25) is 0 Å². The maximum Gasteiger partial charge on any atom is 0.223 e. The Hall–Kier alpha value is -2.80. The molecule has 0 saturated heterocycles. The molecule has 0 bridgehead atoms. The molecule has 1 aliphatic carbocycles. The highest BCUT2D eigenvalue weighted by molar-refractivity contribution is 5.78. The number of fused-ring (bicyclic) bond motifs is 1. The number of aryl methyl sites for hydroxylation is 1. The van der Waals surface area contributed by atoms with E-state index in [2.05, 4.69) is 14.9 Å². The maximum absolute atomic E-state index is 13.4. The first-order chi connectivity index (χ1) is 13.7. The van der Waals surface area contributed by atoms with Crippen LogP contribution in [0.4, 0.5) is 10.3 Å². The molecule has 6 nitrogen and oxygen atoms in total. The summed E-state index contributed by atoms with van der Waals surface area (Å²) in [5.41, 5.74) is 3.22. The fourth-order valence-corrected chi connectivity index (χ4v) is 4.00. The van der Waals surface area contributed by atoms with Crippen molar-refractivity contribution in [3.63, 3.8) is 0 Å². The van der Waals surface area contributed by atoms with Crippen molar-refractivity contribution < 1.29 is 9.50 Å². The summed E-state index contributed by atoms with van der Waals surface area (Å²) in [6, 6.07) is 8.64. The van der Waals surface area contributed by atoms with Gasteiger partial charge in [-0.1, -0.05) is 0 Å². The number of rotatable bonds is 5. The summed E-state index contributed by atoms with van der Waals surface area (Å²) in [5, 5.41) is 13.3. The lowest BCUT2D eigenvalue weighted by Gasteiger charge is -2.26. The lowest BCUT2D eigenvalue weighted by atomic mass is 9.93. The summed E-state index contributed by atoms with van der Waals surface area (Å²) >= 11 is 0. The highest BCUT2D eigenvalue weighted by Gasteiger charge is 2.30. The Morgan fingerprint density at radius 1 is 1.11 bits per heavy atom. The van der Waals surface area contributed by atoms with Crippen LogP contribution in [0.25, 0.3) is 22.6 Å². The zero-order chi connectivity index (χ0) is 19.1. The molecule has 2 aromatic heterocycles. The van der Waals surface area contributed by atoms with E-state index in [1.54, 1.807) is 18.3 Å². The normalized spacial score (nSPS) is 18.7. The Morgan fingerprint density at radius 3 is 2.64 bits per heavy atom. The monoisotopic (exact) mass is 379 g/mol. The van der Waals surface area contributed by atoms with Crippen molar-refractivity contribution in [3.05, 3.63) is 48.2 Å². The summed E-state index contributed by atoms with van der Waals surface area (Å²) in [5.74, 6) is 1.26. The molecule has 1 aliphatic heterocycles. The number of imidazole rings is 1. The third-order valence-electron chi connectivity index (χ3n) is 5.72. The number of nitrogens with one attached hydrogen (secondary N) is 1. The van der Waals surface area contributed by atoms with Crippen molar-refractivity contribution in [2.75, 3.05) is 11.9 Å². The zero-order valence-corrected chi connectivity index (χ0v) is 15.5. The lowest BCUT2D eigenvalue weighted by molar-refractivity contribution is 0.234. The van der Waals surface area contributed by atoms with Crippen molar-refractivity contribution >= 4 is 5.95 Å².